The first kappa shape index (κ1) is 15.2. The number of aromatic carboxylic acids is 1. The predicted molar refractivity (Wildman–Crippen MR) is 76.9 cm³/mol. The highest BCUT2D eigenvalue weighted by Gasteiger charge is 2.17. The van der Waals surface area contributed by atoms with E-state index in [1.54, 1.807) is 6.07 Å². The molecule has 0 radical (unpaired) electrons. The number of halogens is 1. The first-order chi connectivity index (χ1) is 8.81. The van der Waals surface area contributed by atoms with Gasteiger partial charge in [-0.05, 0) is 47.7 Å². The molecule has 19 heavy (non-hydrogen) atoms. The zero-order valence-electron chi connectivity index (χ0n) is 9.94. The normalized spacial score (nSPS) is 11.5. The molecule has 7 nitrogen and oxygen atoms in total. The van der Waals surface area contributed by atoms with Crippen molar-refractivity contribution in [3.63, 3.8) is 0 Å². The Kier molecular flexibility index (Phi) is 5.10. The Hall–Kier alpha value is -1.84. The lowest BCUT2D eigenvalue weighted by atomic mass is 10.1. The van der Waals surface area contributed by atoms with E-state index in [1.165, 1.54) is 19.1 Å². The first-order valence-corrected chi connectivity index (χ1v) is 6.29. The molecule has 1 atom stereocenters. The van der Waals surface area contributed by atoms with Crippen molar-refractivity contribution in [2.75, 3.05) is 5.32 Å². The zero-order valence-corrected chi connectivity index (χ0v) is 12.1. The van der Waals surface area contributed by atoms with Crippen LogP contribution in [-0.4, -0.2) is 29.1 Å². The predicted octanol–water partition coefficient (Wildman–Crippen LogP) is 0.985. The van der Waals surface area contributed by atoms with Crippen LogP contribution in [0.15, 0.2) is 18.2 Å². The number of carbonyl (C=O) groups is 3. The molecule has 3 amide bonds. The molecule has 0 fully saturated rings. The number of primary amides is 1. The van der Waals surface area contributed by atoms with Crippen LogP contribution in [0.5, 0.6) is 0 Å². The zero-order chi connectivity index (χ0) is 14.6. The van der Waals surface area contributed by atoms with Gasteiger partial charge in [-0.3, -0.25) is 4.79 Å². The number of carboxylic acids is 1. The lowest BCUT2D eigenvalue weighted by Crippen LogP contribution is -2.44. The lowest BCUT2D eigenvalue weighted by Gasteiger charge is -2.14. The monoisotopic (exact) mass is 377 g/mol. The lowest BCUT2D eigenvalue weighted by molar-refractivity contribution is -0.117. The summed E-state index contributed by atoms with van der Waals surface area (Å²) in [6.07, 6.45) is 0. The minimum Gasteiger partial charge on any atom is -0.478 e. The summed E-state index contributed by atoms with van der Waals surface area (Å²) in [5.74, 6) is -1.70. The van der Waals surface area contributed by atoms with Crippen LogP contribution in [0, 0.1) is 3.57 Å². The highest BCUT2D eigenvalue weighted by atomic mass is 127. The second-order valence-corrected chi connectivity index (χ2v) is 4.96. The first-order valence-electron chi connectivity index (χ1n) is 5.21. The molecular weight excluding hydrogens is 365 g/mol. The molecule has 1 rings (SSSR count). The van der Waals surface area contributed by atoms with E-state index >= 15 is 0 Å². The number of amides is 3. The number of carbonyl (C=O) groups excluding carboxylic acids is 2. The van der Waals surface area contributed by atoms with Gasteiger partial charge in [-0.25, -0.2) is 9.59 Å². The van der Waals surface area contributed by atoms with Crippen molar-refractivity contribution in [3.05, 3.63) is 27.3 Å². The third-order valence-corrected chi connectivity index (χ3v) is 2.89. The van der Waals surface area contributed by atoms with E-state index in [2.05, 4.69) is 10.6 Å². The van der Waals surface area contributed by atoms with Crippen molar-refractivity contribution >= 4 is 46.2 Å². The Morgan fingerprint density at radius 1 is 1.37 bits per heavy atom. The van der Waals surface area contributed by atoms with E-state index in [9.17, 15) is 14.4 Å². The summed E-state index contributed by atoms with van der Waals surface area (Å²) >= 11 is 1.97. The molecule has 0 saturated heterocycles. The second-order valence-electron chi connectivity index (χ2n) is 3.71. The minimum atomic E-state index is -1.15. The van der Waals surface area contributed by atoms with Gasteiger partial charge < -0.3 is 21.5 Å². The van der Waals surface area contributed by atoms with Crippen LogP contribution in [0.25, 0.3) is 0 Å². The Labute approximate surface area is 122 Å². The number of carboxylic acid groups (broad SMARTS) is 1. The minimum absolute atomic E-state index is 0.0217. The average Bonchev–Trinajstić information content (AvgIpc) is 2.30. The van der Waals surface area contributed by atoms with Gasteiger partial charge >= 0.3 is 12.0 Å². The van der Waals surface area contributed by atoms with Gasteiger partial charge in [0.25, 0.3) is 0 Å². The van der Waals surface area contributed by atoms with E-state index in [-0.39, 0.29) is 11.3 Å². The van der Waals surface area contributed by atoms with E-state index in [4.69, 9.17) is 10.8 Å². The van der Waals surface area contributed by atoms with Gasteiger partial charge in [-0.2, -0.15) is 0 Å². The SMILES string of the molecule is CC(NC(N)=O)C(=O)Nc1ccc(I)cc1C(=O)O. The van der Waals surface area contributed by atoms with Crippen LogP contribution in [0.2, 0.25) is 0 Å². The maximum atomic E-state index is 11.7. The highest BCUT2D eigenvalue weighted by molar-refractivity contribution is 14.1. The van der Waals surface area contributed by atoms with Gasteiger partial charge in [0.15, 0.2) is 0 Å². The standard InChI is InChI=1S/C11H12IN3O4/c1-5(14-11(13)19)9(16)15-8-3-2-6(12)4-7(8)10(17)18/h2-5H,1H3,(H,15,16)(H,17,18)(H3,13,14,19). The maximum absolute atomic E-state index is 11.7. The molecule has 0 aliphatic carbocycles. The number of hydrogen-bond donors (Lipinski definition) is 4. The number of hydrogen-bond acceptors (Lipinski definition) is 3. The summed E-state index contributed by atoms with van der Waals surface area (Å²) in [5, 5.41) is 13.7. The van der Waals surface area contributed by atoms with E-state index < -0.39 is 23.9 Å². The van der Waals surface area contributed by atoms with Crippen molar-refractivity contribution in [2.45, 2.75) is 13.0 Å². The topological polar surface area (TPSA) is 122 Å². The average molecular weight is 377 g/mol. The summed E-state index contributed by atoms with van der Waals surface area (Å²) in [6, 6.07) is 2.89. The van der Waals surface area contributed by atoms with Gasteiger partial charge in [0.2, 0.25) is 5.91 Å². The van der Waals surface area contributed by atoms with Gasteiger partial charge in [0.1, 0.15) is 6.04 Å². The largest absolute Gasteiger partial charge is 0.478 e. The van der Waals surface area contributed by atoms with Crippen molar-refractivity contribution in [3.8, 4) is 0 Å². The second kappa shape index (κ2) is 6.36. The fourth-order valence-corrected chi connectivity index (χ4v) is 1.81. The van der Waals surface area contributed by atoms with Crippen molar-refractivity contribution in [1.29, 1.82) is 0 Å². The number of rotatable bonds is 4. The number of urea groups is 1. The number of anilines is 1. The summed E-state index contributed by atoms with van der Waals surface area (Å²) < 4.78 is 0.733. The number of nitrogens with one attached hydrogen (secondary N) is 2. The molecule has 0 aliphatic rings. The molecule has 0 aliphatic heterocycles. The number of benzene rings is 1. The molecule has 8 heteroatoms. The van der Waals surface area contributed by atoms with Crippen LogP contribution in [-0.2, 0) is 4.79 Å². The van der Waals surface area contributed by atoms with Gasteiger partial charge in [0, 0.05) is 3.57 Å². The van der Waals surface area contributed by atoms with Gasteiger partial charge in [-0.15, -0.1) is 0 Å². The fraction of sp³-hybridized carbons (Fsp3) is 0.182. The van der Waals surface area contributed by atoms with Crippen LogP contribution in [0.3, 0.4) is 0 Å². The van der Waals surface area contributed by atoms with Crippen LogP contribution < -0.4 is 16.4 Å². The van der Waals surface area contributed by atoms with Gasteiger partial charge in [0.05, 0.1) is 11.3 Å². The van der Waals surface area contributed by atoms with Crippen LogP contribution in [0.4, 0.5) is 10.5 Å². The van der Waals surface area contributed by atoms with Gasteiger partial charge in [-0.1, -0.05) is 0 Å². The van der Waals surface area contributed by atoms with Crippen LogP contribution >= 0.6 is 22.6 Å². The molecule has 1 unspecified atom stereocenters. The van der Waals surface area contributed by atoms with Crippen molar-refractivity contribution in [2.24, 2.45) is 5.73 Å². The smallest absolute Gasteiger partial charge is 0.337 e. The molecule has 1 aromatic carbocycles. The number of nitrogens with two attached hydrogens (primary N) is 1. The summed E-state index contributed by atoms with van der Waals surface area (Å²) in [6.45, 7) is 1.44. The van der Waals surface area contributed by atoms with Crippen LogP contribution in [0.1, 0.15) is 17.3 Å². The Balaban J connectivity index is 2.90. The summed E-state index contributed by atoms with van der Waals surface area (Å²) in [4.78, 5) is 33.4. The molecule has 0 heterocycles. The maximum Gasteiger partial charge on any atom is 0.337 e. The molecular formula is C11H12IN3O4. The Morgan fingerprint density at radius 2 is 2.00 bits per heavy atom. The molecule has 0 saturated carbocycles. The van der Waals surface area contributed by atoms with Crippen molar-refractivity contribution < 1.29 is 19.5 Å². The summed E-state index contributed by atoms with van der Waals surface area (Å²) in [5.41, 5.74) is 5.04. The quantitative estimate of drug-likeness (QED) is 0.585. The van der Waals surface area contributed by atoms with Crippen molar-refractivity contribution in [1.82, 2.24) is 5.32 Å². The molecule has 0 aromatic heterocycles. The molecule has 0 spiro atoms. The van der Waals surface area contributed by atoms with E-state index in [1.807, 2.05) is 22.6 Å². The third kappa shape index (κ3) is 4.39. The fourth-order valence-electron chi connectivity index (χ4n) is 1.32. The summed E-state index contributed by atoms with van der Waals surface area (Å²) in [7, 11) is 0. The van der Waals surface area contributed by atoms with E-state index in [0.29, 0.717) is 0 Å². The molecule has 0 bridgehead atoms. The molecule has 5 N–H and O–H groups in total. The Bertz CT molecular complexity index is 533. The highest BCUT2D eigenvalue weighted by Crippen LogP contribution is 2.19. The molecule has 102 valence electrons. The third-order valence-electron chi connectivity index (χ3n) is 2.22. The Morgan fingerprint density at radius 3 is 2.53 bits per heavy atom. The van der Waals surface area contributed by atoms with E-state index in [0.717, 1.165) is 3.57 Å². The molecule has 1 aromatic rings.